The van der Waals surface area contributed by atoms with Gasteiger partial charge in [0.15, 0.2) is 0 Å². The first kappa shape index (κ1) is 9.89. The Labute approximate surface area is 77.9 Å². The summed E-state index contributed by atoms with van der Waals surface area (Å²) in [5.41, 5.74) is -1.18. The summed E-state index contributed by atoms with van der Waals surface area (Å²) in [5.74, 6) is 0. The fourth-order valence-corrected chi connectivity index (χ4v) is 0.896. The van der Waals surface area contributed by atoms with Crippen LogP contribution in [-0.2, 0) is 6.18 Å². The second-order valence-electron chi connectivity index (χ2n) is 2.13. The van der Waals surface area contributed by atoms with Crippen molar-refractivity contribution in [1.82, 2.24) is 0 Å². The number of halogens is 3. The number of aliphatic imine (C=N–C) groups is 1. The number of thiocarbonyl (C=S) groups is 1. The summed E-state index contributed by atoms with van der Waals surface area (Å²) < 4.78 is 36.7. The van der Waals surface area contributed by atoms with E-state index >= 15 is 0 Å². The Morgan fingerprint density at radius 1 is 1.46 bits per heavy atom. The normalized spacial score (nSPS) is 10.7. The Hall–Kier alpha value is -1.19. The van der Waals surface area contributed by atoms with Gasteiger partial charge in [-0.25, -0.2) is 0 Å². The van der Waals surface area contributed by atoms with Crippen LogP contribution >= 0.6 is 12.2 Å². The zero-order chi connectivity index (χ0) is 9.90. The lowest BCUT2D eigenvalue weighted by atomic mass is 10.2. The summed E-state index contributed by atoms with van der Waals surface area (Å²) in [6.45, 7) is 0. The molecule has 67 valence electrons. The van der Waals surface area contributed by atoms with Gasteiger partial charge in [-0.1, -0.05) is 12.1 Å². The highest BCUT2D eigenvalue weighted by Gasteiger charge is 2.33. The van der Waals surface area contributed by atoms with E-state index in [1.54, 1.807) is 0 Å². The van der Waals surface area contributed by atoms with Crippen molar-refractivity contribution in [2.45, 2.75) is 6.18 Å². The van der Waals surface area contributed by atoms with Crippen LogP contribution in [0.3, 0.4) is 0 Å². The molecule has 1 nitrogen and oxygen atoms in total. The lowest BCUT2D eigenvalue weighted by molar-refractivity contribution is -0.137. The zero-order valence-electron chi connectivity index (χ0n) is 6.22. The highest BCUT2D eigenvalue weighted by Crippen LogP contribution is 2.35. The van der Waals surface area contributed by atoms with Crippen molar-refractivity contribution in [3.8, 4) is 0 Å². The Bertz CT molecular complexity index is 353. The van der Waals surface area contributed by atoms with Crippen LogP contribution in [0, 0.1) is 6.07 Å². The molecule has 1 aromatic carbocycles. The van der Waals surface area contributed by atoms with Gasteiger partial charge in [0.2, 0.25) is 0 Å². The Balaban J connectivity index is 3.27. The van der Waals surface area contributed by atoms with E-state index in [4.69, 9.17) is 0 Å². The first-order valence-corrected chi connectivity index (χ1v) is 3.62. The van der Waals surface area contributed by atoms with E-state index < -0.39 is 11.7 Å². The van der Waals surface area contributed by atoms with E-state index in [0.717, 1.165) is 0 Å². The predicted octanol–water partition coefficient (Wildman–Crippen LogP) is 3.24. The molecule has 0 aliphatic heterocycles. The van der Waals surface area contributed by atoms with E-state index in [9.17, 15) is 13.2 Å². The second kappa shape index (κ2) is 3.68. The summed E-state index contributed by atoms with van der Waals surface area (Å²) in [6, 6.07) is 5.84. The van der Waals surface area contributed by atoms with Crippen LogP contribution in [0.5, 0.6) is 0 Å². The largest absolute Gasteiger partial charge is 0.419 e. The molecule has 0 atom stereocenters. The van der Waals surface area contributed by atoms with E-state index in [2.05, 4.69) is 23.3 Å². The second-order valence-corrected chi connectivity index (χ2v) is 2.31. The van der Waals surface area contributed by atoms with Crippen molar-refractivity contribution in [1.29, 1.82) is 0 Å². The summed E-state index contributed by atoms with van der Waals surface area (Å²) in [7, 11) is 0. The highest BCUT2D eigenvalue weighted by molar-refractivity contribution is 7.78. The minimum atomic E-state index is -4.45. The molecule has 1 rings (SSSR count). The molecule has 0 spiro atoms. The van der Waals surface area contributed by atoms with E-state index in [-0.39, 0.29) is 5.69 Å². The number of alkyl halides is 3. The van der Waals surface area contributed by atoms with Gasteiger partial charge in [0.05, 0.1) is 16.4 Å². The molecule has 1 radical (unpaired) electrons. The number of hydrogen-bond donors (Lipinski definition) is 0. The molecule has 0 aromatic heterocycles. The molecule has 0 fully saturated rings. The van der Waals surface area contributed by atoms with Crippen LogP contribution in [-0.4, -0.2) is 5.16 Å². The number of hydrogen-bond acceptors (Lipinski definition) is 2. The van der Waals surface area contributed by atoms with Gasteiger partial charge in [0, 0.05) is 0 Å². The Morgan fingerprint density at radius 2 is 2.15 bits per heavy atom. The number of isothiocyanates is 1. The SMILES string of the molecule is FC(F)(F)c1[c]cccc1N=C=S. The van der Waals surface area contributed by atoms with Crippen LogP contribution in [0.1, 0.15) is 5.56 Å². The molecule has 0 heterocycles. The van der Waals surface area contributed by atoms with Crippen molar-refractivity contribution in [2.24, 2.45) is 4.99 Å². The molecule has 0 unspecified atom stereocenters. The smallest absolute Gasteiger partial charge is 0.194 e. The topological polar surface area (TPSA) is 12.4 Å². The van der Waals surface area contributed by atoms with Crippen molar-refractivity contribution < 1.29 is 13.2 Å². The molecular formula is C8H3F3NS. The van der Waals surface area contributed by atoms with E-state index in [1.807, 2.05) is 5.16 Å². The predicted molar refractivity (Wildman–Crippen MR) is 45.0 cm³/mol. The number of benzene rings is 1. The van der Waals surface area contributed by atoms with Gasteiger partial charge >= 0.3 is 6.18 Å². The standard InChI is InChI=1S/C8H3F3NS/c9-8(10,11)6-3-1-2-4-7(6)12-5-13/h1-2,4H. The molecule has 5 heteroatoms. The molecule has 1 aromatic rings. The van der Waals surface area contributed by atoms with Crippen molar-refractivity contribution in [2.75, 3.05) is 0 Å². The van der Waals surface area contributed by atoms with Crippen LogP contribution in [0.4, 0.5) is 18.9 Å². The van der Waals surface area contributed by atoms with E-state index in [1.165, 1.54) is 18.2 Å². The van der Waals surface area contributed by atoms with Gasteiger partial charge in [0.1, 0.15) is 0 Å². The maximum absolute atomic E-state index is 12.2. The minimum absolute atomic E-state index is 0.259. The summed E-state index contributed by atoms with van der Waals surface area (Å²) in [5, 5.41) is 1.88. The first-order chi connectivity index (χ1) is 6.05. The third kappa shape index (κ3) is 2.37. The first-order valence-electron chi connectivity index (χ1n) is 3.21. The van der Waals surface area contributed by atoms with Crippen LogP contribution < -0.4 is 0 Å². The molecule has 0 aliphatic carbocycles. The summed E-state index contributed by atoms with van der Waals surface area (Å²) in [6.07, 6.45) is -4.45. The van der Waals surface area contributed by atoms with Crippen molar-refractivity contribution >= 4 is 23.1 Å². The molecule has 0 bridgehead atoms. The van der Waals surface area contributed by atoms with Crippen LogP contribution in [0.2, 0.25) is 0 Å². The molecule has 0 saturated carbocycles. The summed E-state index contributed by atoms with van der Waals surface area (Å²) >= 11 is 4.22. The van der Waals surface area contributed by atoms with Gasteiger partial charge in [0.25, 0.3) is 0 Å². The molecule has 0 amide bonds. The maximum atomic E-state index is 12.2. The van der Waals surface area contributed by atoms with Gasteiger partial charge in [-0.3, -0.25) is 0 Å². The fourth-order valence-electron chi connectivity index (χ4n) is 0.797. The molecule has 0 N–H and O–H groups in total. The lowest BCUT2D eigenvalue weighted by Gasteiger charge is -2.07. The fraction of sp³-hybridized carbons (Fsp3) is 0.125. The van der Waals surface area contributed by atoms with Crippen LogP contribution in [0.25, 0.3) is 0 Å². The maximum Gasteiger partial charge on any atom is 0.419 e. The molecular weight excluding hydrogens is 199 g/mol. The third-order valence-electron chi connectivity index (χ3n) is 1.28. The third-order valence-corrected chi connectivity index (χ3v) is 1.37. The zero-order valence-corrected chi connectivity index (χ0v) is 7.04. The van der Waals surface area contributed by atoms with Gasteiger partial charge in [-0.2, -0.15) is 18.2 Å². The minimum Gasteiger partial charge on any atom is -0.194 e. The average Bonchev–Trinajstić information content (AvgIpc) is 2.04. The Morgan fingerprint density at radius 3 is 2.69 bits per heavy atom. The quantitative estimate of drug-likeness (QED) is 0.503. The van der Waals surface area contributed by atoms with Gasteiger partial charge in [-0.05, 0) is 24.4 Å². The van der Waals surface area contributed by atoms with Gasteiger partial charge in [-0.15, -0.1) is 0 Å². The van der Waals surface area contributed by atoms with Crippen LogP contribution in [0.15, 0.2) is 23.2 Å². The monoisotopic (exact) mass is 202 g/mol. The van der Waals surface area contributed by atoms with Gasteiger partial charge < -0.3 is 0 Å². The molecule has 13 heavy (non-hydrogen) atoms. The Kier molecular flexibility index (Phi) is 2.80. The summed E-state index contributed by atoms with van der Waals surface area (Å²) in [4.78, 5) is 3.29. The number of nitrogens with zero attached hydrogens (tertiary/aromatic N) is 1. The van der Waals surface area contributed by atoms with Crippen molar-refractivity contribution in [3.05, 3.63) is 29.8 Å². The molecule has 0 saturated heterocycles. The lowest BCUT2D eigenvalue weighted by Crippen LogP contribution is -2.04. The molecule has 0 aliphatic rings. The van der Waals surface area contributed by atoms with Crippen molar-refractivity contribution in [3.63, 3.8) is 0 Å². The average molecular weight is 202 g/mol. The highest BCUT2D eigenvalue weighted by atomic mass is 32.1. The van der Waals surface area contributed by atoms with E-state index in [0.29, 0.717) is 0 Å². The number of rotatable bonds is 1.